The Morgan fingerprint density at radius 1 is 1.21 bits per heavy atom. The van der Waals surface area contributed by atoms with Gasteiger partial charge in [-0.25, -0.2) is 0 Å². The first-order valence-electron chi connectivity index (χ1n) is 7.18. The number of fused-ring (bicyclic) bond motifs is 2. The summed E-state index contributed by atoms with van der Waals surface area (Å²) in [7, 11) is -0.203. The normalized spacial score (nSPS) is 33.0. The Balaban J connectivity index is 1.99. The summed E-state index contributed by atoms with van der Waals surface area (Å²) in [6.45, 7) is 6.54. The number of allylic oxidation sites excluding steroid dienone is 2. The van der Waals surface area contributed by atoms with E-state index in [-0.39, 0.29) is 7.92 Å². The molecule has 1 aromatic rings. The van der Waals surface area contributed by atoms with E-state index in [1.54, 1.807) is 5.57 Å². The summed E-state index contributed by atoms with van der Waals surface area (Å²) >= 11 is 0. The van der Waals surface area contributed by atoms with Crippen LogP contribution in [-0.4, -0.2) is 17.1 Å². The largest absolute Gasteiger partial charge is 0.299 e. The fourth-order valence-electron chi connectivity index (χ4n) is 3.77. The van der Waals surface area contributed by atoms with Crippen LogP contribution in [0.5, 0.6) is 0 Å². The van der Waals surface area contributed by atoms with E-state index in [1.807, 2.05) is 6.92 Å². The maximum Gasteiger partial charge on any atom is 0.136 e. The number of hydrogen-bond acceptors (Lipinski definition) is 1. The van der Waals surface area contributed by atoms with Crippen LogP contribution in [0.1, 0.15) is 33.6 Å². The molecule has 2 bridgehead atoms. The van der Waals surface area contributed by atoms with E-state index < -0.39 is 0 Å². The zero-order valence-corrected chi connectivity index (χ0v) is 12.8. The molecule has 1 saturated heterocycles. The Kier molecular flexibility index (Phi) is 3.35. The van der Waals surface area contributed by atoms with Crippen LogP contribution in [0.15, 0.2) is 41.5 Å². The second-order valence-corrected chi connectivity index (χ2v) is 8.24. The van der Waals surface area contributed by atoms with Gasteiger partial charge in [-0.1, -0.05) is 56.3 Å². The Bertz CT molecular complexity index is 531. The topological polar surface area (TPSA) is 17.1 Å². The van der Waals surface area contributed by atoms with E-state index in [2.05, 4.69) is 44.2 Å². The van der Waals surface area contributed by atoms with Crippen molar-refractivity contribution in [2.45, 2.75) is 44.9 Å². The molecule has 1 nitrogen and oxygen atoms in total. The molecule has 0 aromatic heterocycles. The minimum atomic E-state index is -0.203. The minimum Gasteiger partial charge on any atom is -0.299 e. The van der Waals surface area contributed by atoms with Gasteiger partial charge in [0.2, 0.25) is 0 Å². The Morgan fingerprint density at radius 3 is 2.53 bits per heavy atom. The molecule has 1 unspecified atom stereocenters. The van der Waals surface area contributed by atoms with E-state index >= 15 is 0 Å². The first-order valence-corrected chi connectivity index (χ1v) is 8.66. The number of ketones is 1. The molecule has 3 rings (SSSR count). The van der Waals surface area contributed by atoms with Gasteiger partial charge in [-0.3, -0.25) is 4.79 Å². The van der Waals surface area contributed by atoms with Crippen LogP contribution in [0.3, 0.4) is 0 Å². The molecule has 1 aromatic carbocycles. The first-order chi connectivity index (χ1) is 9.15. The number of carbonyl (C=O) groups excluding carboxylic acids is 1. The molecule has 0 spiro atoms. The molecule has 0 saturated carbocycles. The molecular formula is C17H21OP. The first kappa shape index (κ1) is 13.1. The van der Waals surface area contributed by atoms with Crippen LogP contribution in [0.4, 0.5) is 0 Å². The van der Waals surface area contributed by atoms with Crippen molar-refractivity contribution in [3.63, 3.8) is 0 Å². The van der Waals surface area contributed by atoms with Crippen molar-refractivity contribution in [1.82, 2.24) is 0 Å². The lowest BCUT2D eigenvalue weighted by molar-refractivity contribution is -0.122. The molecule has 0 N–H and O–H groups in total. The van der Waals surface area contributed by atoms with E-state index in [9.17, 15) is 4.79 Å². The molecule has 2 aliphatic heterocycles. The summed E-state index contributed by atoms with van der Waals surface area (Å²) in [6, 6.07) is 10.9. The molecule has 0 radical (unpaired) electrons. The standard InChI is InChI=1S/C17H21OP/c1-4-15(18)14-10-16-11(2)12(3)17(14)19(16)13-8-6-5-7-9-13/h5-9,14,16-17H,4,10H2,1-3H3/t14-,16+,17+,19?/m0/s1. The third-order valence-electron chi connectivity index (χ3n) is 4.88. The van der Waals surface area contributed by atoms with Crippen LogP contribution in [0, 0.1) is 5.92 Å². The van der Waals surface area contributed by atoms with Crippen molar-refractivity contribution in [3.05, 3.63) is 41.5 Å². The minimum absolute atomic E-state index is 0.203. The third-order valence-corrected chi connectivity index (χ3v) is 8.39. The third kappa shape index (κ3) is 1.91. The number of carbonyl (C=O) groups is 1. The highest BCUT2D eigenvalue weighted by Gasteiger charge is 2.52. The molecular weight excluding hydrogens is 251 g/mol. The van der Waals surface area contributed by atoms with Crippen molar-refractivity contribution in [3.8, 4) is 0 Å². The van der Waals surface area contributed by atoms with Gasteiger partial charge in [-0.2, -0.15) is 0 Å². The molecule has 4 atom stereocenters. The van der Waals surface area contributed by atoms with Gasteiger partial charge in [-0.05, 0) is 25.6 Å². The summed E-state index contributed by atoms with van der Waals surface area (Å²) in [5, 5.41) is 1.48. The number of rotatable bonds is 3. The molecule has 100 valence electrons. The number of Topliss-reactive ketones (excluding diaryl/α,β-unsaturated/α-hetero) is 1. The SMILES string of the molecule is CCC(=O)[C@@H]1C[C@@H]2C(C)=C(C)[C@H]1P2c1ccccc1. The quantitative estimate of drug-likeness (QED) is 0.603. The molecule has 2 heteroatoms. The van der Waals surface area contributed by atoms with E-state index in [4.69, 9.17) is 0 Å². The van der Waals surface area contributed by atoms with Crippen LogP contribution in [0.2, 0.25) is 0 Å². The maximum absolute atomic E-state index is 12.2. The smallest absolute Gasteiger partial charge is 0.136 e. The van der Waals surface area contributed by atoms with Gasteiger partial charge in [0.25, 0.3) is 0 Å². The van der Waals surface area contributed by atoms with Crippen LogP contribution < -0.4 is 5.30 Å². The summed E-state index contributed by atoms with van der Waals surface area (Å²) < 4.78 is 0. The van der Waals surface area contributed by atoms with Gasteiger partial charge >= 0.3 is 0 Å². The molecule has 1 fully saturated rings. The van der Waals surface area contributed by atoms with Gasteiger partial charge in [0.15, 0.2) is 0 Å². The van der Waals surface area contributed by atoms with Crippen LogP contribution in [0.25, 0.3) is 0 Å². The van der Waals surface area contributed by atoms with Crippen LogP contribution in [-0.2, 0) is 4.79 Å². The zero-order valence-electron chi connectivity index (χ0n) is 11.9. The van der Waals surface area contributed by atoms with Crippen molar-refractivity contribution in [1.29, 1.82) is 0 Å². The van der Waals surface area contributed by atoms with Crippen LogP contribution >= 0.6 is 7.92 Å². The van der Waals surface area contributed by atoms with Crippen molar-refractivity contribution in [2.24, 2.45) is 5.92 Å². The van der Waals surface area contributed by atoms with Gasteiger partial charge in [0, 0.05) is 23.7 Å². The van der Waals surface area contributed by atoms with Gasteiger partial charge in [0.05, 0.1) is 0 Å². The summed E-state index contributed by atoms with van der Waals surface area (Å²) in [5.41, 5.74) is 4.26. The summed E-state index contributed by atoms with van der Waals surface area (Å²) in [5.74, 6) is 0.771. The number of benzene rings is 1. The predicted octanol–water partition coefficient (Wildman–Crippen LogP) is 3.88. The fourth-order valence-corrected chi connectivity index (χ4v) is 7.73. The lowest BCUT2D eigenvalue weighted by Gasteiger charge is -2.23. The highest BCUT2D eigenvalue weighted by atomic mass is 31.1. The molecule has 0 aliphatic carbocycles. The zero-order chi connectivity index (χ0) is 13.6. The lowest BCUT2D eigenvalue weighted by Crippen LogP contribution is -2.26. The highest BCUT2D eigenvalue weighted by Crippen LogP contribution is 2.67. The fraction of sp³-hybridized carbons (Fsp3) is 0.471. The average Bonchev–Trinajstić information content (AvgIpc) is 2.94. The van der Waals surface area contributed by atoms with Crippen molar-refractivity contribution < 1.29 is 4.79 Å². The highest BCUT2D eigenvalue weighted by molar-refractivity contribution is 7.68. The van der Waals surface area contributed by atoms with E-state index in [0.29, 0.717) is 29.4 Å². The molecule has 0 amide bonds. The van der Waals surface area contributed by atoms with E-state index in [0.717, 1.165) is 6.42 Å². The van der Waals surface area contributed by atoms with Gasteiger partial charge in [-0.15, -0.1) is 0 Å². The Morgan fingerprint density at radius 2 is 1.89 bits per heavy atom. The summed E-state index contributed by atoms with van der Waals surface area (Å²) in [6.07, 6.45) is 1.79. The molecule has 2 heterocycles. The predicted molar refractivity (Wildman–Crippen MR) is 82.4 cm³/mol. The van der Waals surface area contributed by atoms with E-state index in [1.165, 1.54) is 10.9 Å². The second kappa shape index (κ2) is 4.87. The average molecular weight is 272 g/mol. The lowest BCUT2D eigenvalue weighted by atomic mass is 9.82. The second-order valence-electron chi connectivity index (χ2n) is 5.73. The van der Waals surface area contributed by atoms with Crippen molar-refractivity contribution >= 4 is 19.0 Å². The molecule has 2 aliphatic rings. The van der Waals surface area contributed by atoms with Crippen molar-refractivity contribution in [2.75, 3.05) is 0 Å². The monoisotopic (exact) mass is 272 g/mol. The number of hydrogen-bond donors (Lipinski definition) is 0. The Labute approximate surface area is 116 Å². The summed E-state index contributed by atoms with van der Waals surface area (Å²) in [4.78, 5) is 12.2. The Hall–Kier alpha value is -0.940. The van der Waals surface area contributed by atoms with Gasteiger partial charge in [0.1, 0.15) is 5.78 Å². The maximum atomic E-state index is 12.2. The molecule has 19 heavy (non-hydrogen) atoms. The van der Waals surface area contributed by atoms with Gasteiger partial charge < -0.3 is 0 Å².